The second kappa shape index (κ2) is 5.71. The minimum absolute atomic E-state index is 0.0668. The van der Waals surface area contributed by atoms with E-state index in [1.807, 2.05) is 0 Å². The highest BCUT2D eigenvalue weighted by atomic mass is 16.6. The summed E-state index contributed by atoms with van der Waals surface area (Å²) >= 11 is 0. The van der Waals surface area contributed by atoms with E-state index >= 15 is 0 Å². The molecular formula is C15H16N2O6. The quantitative estimate of drug-likeness (QED) is 0.638. The Bertz CT molecular complexity index is 726. The maximum Gasteiger partial charge on any atom is 0.334 e. The van der Waals surface area contributed by atoms with Gasteiger partial charge in [-0.3, -0.25) is 14.9 Å². The molecule has 1 unspecified atom stereocenters. The molecule has 0 saturated heterocycles. The molecule has 1 heterocycles. The van der Waals surface area contributed by atoms with Gasteiger partial charge in [-0.15, -0.1) is 0 Å². The number of carboxylic acids is 2. The number of rotatable bonds is 4. The van der Waals surface area contributed by atoms with Gasteiger partial charge in [-0.25, -0.2) is 4.79 Å². The van der Waals surface area contributed by atoms with Crippen molar-refractivity contribution in [1.82, 2.24) is 4.90 Å². The molecule has 0 saturated carbocycles. The Morgan fingerprint density at radius 1 is 1.30 bits per heavy atom. The normalized spacial score (nSPS) is 21.2. The van der Waals surface area contributed by atoms with Gasteiger partial charge in [-0.2, -0.15) is 0 Å². The number of benzene rings is 1. The van der Waals surface area contributed by atoms with Crippen LogP contribution in [0, 0.1) is 10.1 Å². The number of carboxylic acid groups (broad SMARTS) is 2. The summed E-state index contributed by atoms with van der Waals surface area (Å²) < 4.78 is 0. The average molecular weight is 320 g/mol. The van der Waals surface area contributed by atoms with Crippen LogP contribution >= 0.6 is 0 Å². The van der Waals surface area contributed by atoms with Gasteiger partial charge in [0.2, 0.25) is 0 Å². The highest BCUT2D eigenvalue weighted by molar-refractivity contribution is 6.02. The SMILES string of the molecule is CC1=C(C(=O)O)C(C(=O)O)(c2ccccc2[N+](=O)[O-])CCN1C. The minimum Gasteiger partial charge on any atom is -0.480 e. The molecule has 1 aromatic carbocycles. The zero-order valence-electron chi connectivity index (χ0n) is 12.6. The zero-order valence-corrected chi connectivity index (χ0v) is 12.6. The van der Waals surface area contributed by atoms with Crippen molar-refractivity contribution in [3.05, 3.63) is 51.2 Å². The fourth-order valence-corrected chi connectivity index (χ4v) is 3.06. The molecule has 1 aliphatic rings. The maximum atomic E-state index is 12.1. The molecule has 0 aromatic heterocycles. The third-order valence-electron chi connectivity index (χ3n) is 4.32. The zero-order chi connectivity index (χ0) is 17.4. The first kappa shape index (κ1) is 16.5. The molecule has 8 heteroatoms. The Kier molecular flexibility index (Phi) is 4.09. The number of hydrogen-bond acceptors (Lipinski definition) is 5. The second-order valence-electron chi connectivity index (χ2n) is 5.42. The van der Waals surface area contributed by atoms with Crippen LogP contribution < -0.4 is 0 Å². The van der Waals surface area contributed by atoms with Crippen LogP contribution in [0.25, 0.3) is 0 Å². The molecule has 23 heavy (non-hydrogen) atoms. The van der Waals surface area contributed by atoms with Gasteiger partial charge in [0.05, 0.1) is 16.1 Å². The predicted molar refractivity (Wildman–Crippen MR) is 80.0 cm³/mol. The molecule has 8 nitrogen and oxygen atoms in total. The van der Waals surface area contributed by atoms with Crippen LogP contribution in [0.1, 0.15) is 18.9 Å². The van der Waals surface area contributed by atoms with Crippen LogP contribution in [0.2, 0.25) is 0 Å². The summed E-state index contributed by atoms with van der Waals surface area (Å²) in [6, 6.07) is 5.39. The van der Waals surface area contributed by atoms with Crippen LogP contribution in [0.4, 0.5) is 5.69 Å². The van der Waals surface area contributed by atoms with E-state index in [1.165, 1.54) is 31.2 Å². The summed E-state index contributed by atoms with van der Waals surface area (Å²) in [5.41, 5.74) is -2.52. The lowest BCUT2D eigenvalue weighted by Gasteiger charge is -2.39. The monoisotopic (exact) mass is 320 g/mol. The number of para-hydroxylation sites is 1. The van der Waals surface area contributed by atoms with Crippen molar-refractivity contribution in [2.45, 2.75) is 18.8 Å². The number of allylic oxidation sites excluding steroid dienone is 1. The van der Waals surface area contributed by atoms with E-state index in [0.29, 0.717) is 0 Å². The van der Waals surface area contributed by atoms with Crippen LogP contribution in [0.5, 0.6) is 0 Å². The molecule has 1 aliphatic heterocycles. The molecule has 2 rings (SSSR count). The van der Waals surface area contributed by atoms with Crippen molar-refractivity contribution in [3.8, 4) is 0 Å². The first-order chi connectivity index (χ1) is 10.7. The number of carbonyl (C=O) groups is 2. The van der Waals surface area contributed by atoms with E-state index in [1.54, 1.807) is 11.9 Å². The predicted octanol–water partition coefficient (Wildman–Crippen LogP) is 1.61. The second-order valence-corrected chi connectivity index (χ2v) is 5.42. The maximum absolute atomic E-state index is 12.1. The lowest BCUT2D eigenvalue weighted by atomic mass is 9.68. The summed E-state index contributed by atoms with van der Waals surface area (Å²) in [5.74, 6) is -2.80. The molecule has 122 valence electrons. The summed E-state index contributed by atoms with van der Waals surface area (Å²) in [6.45, 7) is 1.79. The highest BCUT2D eigenvalue weighted by Gasteiger charge is 2.53. The molecule has 0 spiro atoms. The van der Waals surface area contributed by atoms with E-state index in [-0.39, 0.29) is 29.8 Å². The lowest BCUT2D eigenvalue weighted by molar-refractivity contribution is -0.386. The third-order valence-corrected chi connectivity index (χ3v) is 4.32. The molecule has 0 aliphatic carbocycles. The van der Waals surface area contributed by atoms with Crippen molar-refractivity contribution in [1.29, 1.82) is 0 Å². The molecule has 1 atom stereocenters. The molecule has 1 aromatic rings. The van der Waals surface area contributed by atoms with Crippen LogP contribution in [0.15, 0.2) is 35.5 Å². The standard InChI is InChI=1S/C15H16N2O6/c1-9-12(13(18)19)15(14(20)21,7-8-16(9)2)10-5-3-4-6-11(10)17(22)23/h3-6H,7-8H2,1-2H3,(H,18,19)(H,20,21). The number of hydrogen-bond donors (Lipinski definition) is 2. The van der Waals surface area contributed by atoms with Crippen molar-refractivity contribution in [2.24, 2.45) is 0 Å². The number of nitrogens with zero attached hydrogens (tertiary/aromatic N) is 2. The Labute approximate surface area is 131 Å². The van der Waals surface area contributed by atoms with E-state index in [0.717, 1.165) is 0 Å². The minimum atomic E-state index is -1.95. The Morgan fingerprint density at radius 2 is 1.91 bits per heavy atom. The highest BCUT2D eigenvalue weighted by Crippen LogP contribution is 2.45. The van der Waals surface area contributed by atoms with E-state index in [9.17, 15) is 29.9 Å². The topological polar surface area (TPSA) is 121 Å². The van der Waals surface area contributed by atoms with E-state index < -0.39 is 28.0 Å². The average Bonchev–Trinajstić information content (AvgIpc) is 2.49. The molecule has 2 N–H and O–H groups in total. The fraction of sp³-hybridized carbons (Fsp3) is 0.333. The van der Waals surface area contributed by atoms with Gasteiger partial charge in [0.1, 0.15) is 5.41 Å². The van der Waals surface area contributed by atoms with Crippen LogP contribution in [-0.2, 0) is 15.0 Å². The Morgan fingerprint density at radius 3 is 2.43 bits per heavy atom. The van der Waals surface area contributed by atoms with Crippen molar-refractivity contribution >= 4 is 17.6 Å². The summed E-state index contributed by atoms with van der Waals surface area (Å²) in [5, 5.41) is 30.7. The van der Waals surface area contributed by atoms with Crippen molar-refractivity contribution < 1.29 is 24.7 Å². The Balaban J connectivity index is 2.88. The number of aliphatic carboxylic acids is 2. The van der Waals surface area contributed by atoms with Gasteiger partial charge in [0.15, 0.2) is 0 Å². The van der Waals surface area contributed by atoms with Gasteiger partial charge in [-0.1, -0.05) is 18.2 Å². The first-order valence-corrected chi connectivity index (χ1v) is 6.86. The Hall–Kier alpha value is -2.90. The lowest BCUT2D eigenvalue weighted by Crippen LogP contribution is -2.48. The van der Waals surface area contributed by atoms with E-state index in [2.05, 4.69) is 0 Å². The van der Waals surface area contributed by atoms with Crippen LogP contribution in [0.3, 0.4) is 0 Å². The molecular weight excluding hydrogens is 304 g/mol. The summed E-state index contributed by atoms with van der Waals surface area (Å²) in [6.07, 6.45) is -0.0668. The number of nitro groups is 1. The summed E-state index contributed by atoms with van der Waals surface area (Å²) in [7, 11) is 1.66. The van der Waals surface area contributed by atoms with Gasteiger partial charge < -0.3 is 15.1 Å². The molecule has 0 radical (unpaired) electrons. The van der Waals surface area contributed by atoms with Crippen molar-refractivity contribution in [2.75, 3.05) is 13.6 Å². The molecule has 0 fully saturated rings. The third kappa shape index (κ3) is 2.41. The van der Waals surface area contributed by atoms with Gasteiger partial charge in [-0.05, 0) is 13.3 Å². The molecule has 0 amide bonds. The fourth-order valence-electron chi connectivity index (χ4n) is 3.06. The smallest absolute Gasteiger partial charge is 0.334 e. The van der Waals surface area contributed by atoms with Gasteiger partial charge in [0.25, 0.3) is 5.69 Å². The van der Waals surface area contributed by atoms with E-state index in [4.69, 9.17) is 0 Å². The summed E-state index contributed by atoms with van der Waals surface area (Å²) in [4.78, 5) is 36.1. The largest absolute Gasteiger partial charge is 0.480 e. The van der Waals surface area contributed by atoms with Crippen molar-refractivity contribution in [3.63, 3.8) is 0 Å². The van der Waals surface area contributed by atoms with Crippen LogP contribution in [-0.4, -0.2) is 45.6 Å². The van der Waals surface area contributed by atoms with Gasteiger partial charge in [0, 0.05) is 25.4 Å². The molecule has 0 bridgehead atoms. The van der Waals surface area contributed by atoms with Gasteiger partial charge >= 0.3 is 11.9 Å². The first-order valence-electron chi connectivity index (χ1n) is 6.86. The number of nitro benzene ring substituents is 1.